The molecule has 0 bridgehead atoms. The molecule has 0 aromatic heterocycles. The number of anilines is 1. The first-order valence-corrected chi connectivity index (χ1v) is 6.46. The Morgan fingerprint density at radius 1 is 1.40 bits per heavy atom. The van der Waals surface area contributed by atoms with Crippen LogP contribution in [0.5, 0.6) is 0 Å². The minimum Gasteiger partial charge on any atom is -0.478 e. The minimum atomic E-state index is -1.28. The molecule has 0 radical (unpaired) electrons. The molecule has 0 saturated heterocycles. The van der Waals surface area contributed by atoms with Gasteiger partial charge in [0.1, 0.15) is 5.82 Å². The Bertz CT molecular complexity index is 491. The van der Waals surface area contributed by atoms with Gasteiger partial charge >= 0.3 is 5.97 Å². The molecule has 1 aromatic rings. The molecule has 1 aromatic carbocycles. The van der Waals surface area contributed by atoms with Gasteiger partial charge in [0.15, 0.2) is 0 Å². The molecule has 1 amide bonds. The Kier molecular flexibility index (Phi) is 6.11. The molecule has 110 valence electrons. The van der Waals surface area contributed by atoms with Crippen LogP contribution < -0.4 is 11.1 Å². The average Bonchev–Trinajstić information content (AvgIpc) is 2.38. The lowest BCUT2D eigenvalue weighted by Crippen LogP contribution is -2.16. The number of hydrogen-bond donors (Lipinski definition) is 3. The standard InChI is InChI=1S/C14H19FN2O3/c1-9(6-7-16)2-5-13(18)17-12-4-3-10(15)8-11(12)14(19)20/h3-4,8-9H,2,5-7,16H2,1H3,(H,17,18)(H,19,20). The number of rotatable bonds is 7. The van der Waals surface area contributed by atoms with Crippen LogP contribution in [0.1, 0.15) is 36.5 Å². The molecule has 0 aliphatic heterocycles. The quantitative estimate of drug-likeness (QED) is 0.715. The molecule has 1 atom stereocenters. The highest BCUT2D eigenvalue weighted by Crippen LogP contribution is 2.18. The maximum Gasteiger partial charge on any atom is 0.337 e. The van der Waals surface area contributed by atoms with Crippen molar-refractivity contribution in [2.45, 2.75) is 26.2 Å². The third-order valence-electron chi connectivity index (χ3n) is 3.01. The number of carbonyl (C=O) groups excluding carboxylic acids is 1. The summed E-state index contributed by atoms with van der Waals surface area (Å²) in [6, 6.07) is 3.24. The first-order chi connectivity index (χ1) is 9.43. The molecule has 0 aliphatic carbocycles. The van der Waals surface area contributed by atoms with E-state index in [0.29, 0.717) is 18.9 Å². The third-order valence-corrected chi connectivity index (χ3v) is 3.01. The van der Waals surface area contributed by atoms with Crippen molar-refractivity contribution < 1.29 is 19.1 Å². The van der Waals surface area contributed by atoms with Gasteiger partial charge in [-0.15, -0.1) is 0 Å². The Labute approximate surface area is 117 Å². The summed E-state index contributed by atoms with van der Waals surface area (Å²) < 4.78 is 13.0. The fourth-order valence-electron chi connectivity index (χ4n) is 1.82. The summed E-state index contributed by atoms with van der Waals surface area (Å²) in [5, 5.41) is 11.5. The van der Waals surface area contributed by atoms with Crippen molar-refractivity contribution in [2.75, 3.05) is 11.9 Å². The lowest BCUT2D eigenvalue weighted by molar-refractivity contribution is -0.116. The molecule has 6 heteroatoms. The Morgan fingerprint density at radius 3 is 2.70 bits per heavy atom. The molecular formula is C14H19FN2O3. The van der Waals surface area contributed by atoms with Crippen LogP contribution in [0.2, 0.25) is 0 Å². The Morgan fingerprint density at radius 2 is 2.10 bits per heavy atom. The lowest BCUT2D eigenvalue weighted by Gasteiger charge is -2.11. The number of carboxylic acids is 1. The van der Waals surface area contributed by atoms with Gasteiger partial charge in [0, 0.05) is 6.42 Å². The molecule has 0 saturated carbocycles. The topological polar surface area (TPSA) is 92.4 Å². The fraction of sp³-hybridized carbons (Fsp3) is 0.429. The Hall–Kier alpha value is -1.95. The van der Waals surface area contributed by atoms with Crippen molar-refractivity contribution in [3.05, 3.63) is 29.6 Å². The van der Waals surface area contributed by atoms with E-state index in [4.69, 9.17) is 10.8 Å². The van der Waals surface area contributed by atoms with Crippen molar-refractivity contribution in [1.82, 2.24) is 0 Å². The predicted molar refractivity (Wildman–Crippen MR) is 74.1 cm³/mol. The molecular weight excluding hydrogens is 263 g/mol. The van der Waals surface area contributed by atoms with Crippen LogP contribution >= 0.6 is 0 Å². The van der Waals surface area contributed by atoms with E-state index < -0.39 is 11.8 Å². The number of nitrogens with one attached hydrogen (secondary N) is 1. The molecule has 1 unspecified atom stereocenters. The van der Waals surface area contributed by atoms with E-state index in [9.17, 15) is 14.0 Å². The summed E-state index contributed by atoms with van der Waals surface area (Å²) in [7, 11) is 0. The predicted octanol–water partition coefficient (Wildman–Crippen LogP) is 2.23. The largest absolute Gasteiger partial charge is 0.478 e. The van der Waals surface area contributed by atoms with Gasteiger partial charge in [0.2, 0.25) is 5.91 Å². The van der Waals surface area contributed by atoms with Crippen molar-refractivity contribution in [3.8, 4) is 0 Å². The molecule has 4 N–H and O–H groups in total. The first-order valence-electron chi connectivity index (χ1n) is 6.46. The van der Waals surface area contributed by atoms with Gasteiger partial charge in [-0.05, 0) is 43.5 Å². The second-order valence-electron chi connectivity index (χ2n) is 4.76. The normalized spacial score (nSPS) is 11.9. The van der Waals surface area contributed by atoms with E-state index in [1.165, 1.54) is 6.07 Å². The van der Waals surface area contributed by atoms with E-state index in [2.05, 4.69) is 5.32 Å². The van der Waals surface area contributed by atoms with Crippen LogP contribution in [0.25, 0.3) is 0 Å². The van der Waals surface area contributed by atoms with Gasteiger partial charge in [-0.25, -0.2) is 9.18 Å². The van der Waals surface area contributed by atoms with Crippen LogP contribution in [-0.4, -0.2) is 23.5 Å². The number of carboxylic acid groups (broad SMARTS) is 1. The molecule has 20 heavy (non-hydrogen) atoms. The highest BCUT2D eigenvalue weighted by Gasteiger charge is 2.14. The second-order valence-corrected chi connectivity index (χ2v) is 4.76. The van der Waals surface area contributed by atoms with Crippen molar-refractivity contribution in [1.29, 1.82) is 0 Å². The van der Waals surface area contributed by atoms with Crippen LogP contribution in [0.15, 0.2) is 18.2 Å². The molecule has 0 fully saturated rings. The maximum atomic E-state index is 13.0. The van der Waals surface area contributed by atoms with E-state index in [-0.39, 0.29) is 23.6 Å². The van der Waals surface area contributed by atoms with E-state index >= 15 is 0 Å². The van der Waals surface area contributed by atoms with Gasteiger partial charge in [0.05, 0.1) is 11.3 Å². The van der Waals surface area contributed by atoms with Crippen LogP contribution in [0.4, 0.5) is 10.1 Å². The number of amides is 1. The number of benzene rings is 1. The van der Waals surface area contributed by atoms with E-state index in [1.807, 2.05) is 6.92 Å². The number of hydrogen-bond acceptors (Lipinski definition) is 3. The van der Waals surface area contributed by atoms with Crippen LogP contribution in [0, 0.1) is 11.7 Å². The third kappa shape index (κ3) is 4.97. The number of carbonyl (C=O) groups is 2. The summed E-state index contributed by atoms with van der Waals surface area (Å²) in [5.74, 6) is -1.89. The SMILES string of the molecule is CC(CCN)CCC(=O)Nc1ccc(F)cc1C(=O)O. The molecule has 0 aliphatic rings. The monoisotopic (exact) mass is 282 g/mol. The van der Waals surface area contributed by atoms with Gasteiger partial charge < -0.3 is 16.2 Å². The number of aromatic carboxylic acids is 1. The molecule has 5 nitrogen and oxygen atoms in total. The second kappa shape index (κ2) is 7.59. The van der Waals surface area contributed by atoms with Crippen molar-refractivity contribution >= 4 is 17.6 Å². The average molecular weight is 282 g/mol. The molecule has 0 spiro atoms. The van der Waals surface area contributed by atoms with Crippen molar-refractivity contribution in [3.63, 3.8) is 0 Å². The zero-order valence-electron chi connectivity index (χ0n) is 11.4. The smallest absolute Gasteiger partial charge is 0.337 e. The summed E-state index contributed by atoms with van der Waals surface area (Å²) in [5.41, 5.74) is 5.28. The highest BCUT2D eigenvalue weighted by atomic mass is 19.1. The van der Waals surface area contributed by atoms with Crippen LogP contribution in [0.3, 0.4) is 0 Å². The lowest BCUT2D eigenvalue weighted by atomic mass is 10.0. The van der Waals surface area contributed by atoms with Gasteiger partial charge in [-0.1, -0.05) is 6.92 Å². The van der Waals surface area contributed by atoms with Crippen LogP contribution in [-0.2, 0) is 4.79 Å². The summed E-state index contributed by atoms with van der Waals surface area (Å²) in [4.78, 5) is 22.7. The van der Waals surface area contributed by atoms with Gasteiger partial charge in [0.25, 0.3) is 0 Å². The zero-order valence-corrected chi connectivity index (χ0v) is 11.4. The zero-order chi connectivity index (χ0) is 15.1. The summed E-state index contributed by atoms with van der Waals surface area (Å²) in [6.45, 7) is 2.57. The van der Waals surface area contributed by atoms with E-state index in [1.54, 1.807) is 0 Å². The first kappa shape index (κ1) is 16.1. The minimum absolute atomic E-state index is 0.107. The fourth-order valence-corrected chi connectivity index (χ4v) is 1.82. The number of halogens is 1. The summed E-state index contributed by atoms with van der Waals surface area (Å²) in [6.07, 6.45) is 1.79. The highest BCUT2D eigenvalue weighted by molar-refractivity contribution is 6.00. The maximum absolute atomic E-state index is 13.0. The van der Waals surface area contributed by atoms with Crippen molar-refractivity contribution in [2.24, 2.45) is 11.7 Å². The number of nitrogens with two attached hydrogens (primary N) is 1. The Balaban J connectivity index is 2.64. The molecule has 1 rings (SSSR count). The van der Waals surface area contributed by atoms with E-state index in [0.717, 1.165) is 18.6 Å². The van der Waals surface area contributed by atoms with Gasteiger partial charge in [-0.2, -0.15) is 0 Å². The molecule has 0 heterocycles. The summed E-state index contributed by atoms with van der Waals surface area (Å²) >= 11 is 0. The van der Waals surface area contributed by atoms with Gasteiger partial charge in [-0.3, -0.25) is 4.79 Å².